The number of amides is 1. The molecule has 0 bridgehead atoms. The van der Waals surface area contributed by atoms with E-state index in [1.165, 1.54) is 11.8 Å². The van der Waals surface area contributed by atoms with E-state index in [0.29, 0.717) is 32.1 Å². The Morgan fingerprint density at radius 1 is 1.33 bits per heavy atom. The van der Waals surface area contributed by atoms with Gasteiger partial charge in [0.15, 0.2) is 0 Å². The minimum Gasteiger partial charge on any atom is -0.497 e. The topological polar surface area (TPSA) is 51.7 Å². The van der Waals surface area contributed by atoms with E-state index in [1.807, 2.05) is 23.1 Å². The normalized spacial score (nSPS) is 14.8. The highest BCUT2D eigenvalue weighted by Crippen LogP contribution is 2.28. The van der Waals surface area contributed by atoms with E-state index >= 15 is 0 Å². The van der Waals surface area contributed by atoms with Gasteiger partial charge in [-0.3, -0.25) is 4.79 Å². The van der Waals surface area contributed by atoms with Crippen molar-refractivity contribution < 1.29 is 14.3 Å². The Morgan fingerprint density at radius 3 is 2.83 bits per heavy atom. The molecule has 0 N–H and O–H groups in total. The molecule has 2 heterocycles. The third-order valence-corrected chi connectivity index (χ3v) is 5.16. The fourth-order valence-corrected chi connectivity index (χ4v) is 3.71. The molecule has 128 valence electrons. The number of nitrogens with zero attached hydrogens (tertiary/aromatic N) is 2. The Balaban J connectivity index is 1.76. The lowest BCUT2D eigenvalue weighted by molar-refractivity contribution is -0.132. The number of thioether (sulfide) groups is 1. The molecule has 0 unspecified atom stereocenters. The average Bonchev–Trinajstić information content (AvgIpc) is 2.65. The van der Waals surface area contributed by atoms with Crippen molar-refractivity contribution in [2.75, 3.05) is 39.2 Å². The molecule has 2 aromatic rings. The Morgan fingerprint density at radius 2 is 2.12 bits per heavy atom. The van der Waals surface area contributed by atoms with Gasteiger partial charge in [0.1, 0.15) is 10.8 Å². The summed E-state index contributed by atoms with van der Waals surface area (Å²) in [5.74, 6) is 1.40. The zero-order valence-electron chi connectivity index (χ0n) is 14.1. The first kappa shape index (κ1) is 17.0. The van der Waals surface area contributed by atoms with Crippen molar-refractivity contribution in [3.63, 3.8) is 0 Å². The van der Waals surface area contributed by atoms with Gasteiger partial charge in [-0.1, -0.05) is 18.7 Å². The summed E-state index contributed by atoms with van der Waals surface area (Å²) in [6, 6.07) is 8.01. The smallest absolute Gasteiger partial charge is 0.233 e. The summed E-state index contributed by atoms with van der Waals surface area (Å²) < 4.78 is 10.6. The molecule has 0 spiro atoms. The molecule has 0 atom stereocenters. The summed E-state index contributed by atoms with van der Waals surface area (Å²) in [7, 11) is 1.66. The summed E-state index contributed by atoms with van der Waals surface area (Å²) in [6.07, 6.45) is 0.883. The molecule has 0 radical (unpaired) electrons. The quantitative estimate of drug-likeness (QED) is 0.779. The Hall–Kier alpha value is -1.79. The van der Waals surface area contributed by atoms with Crippen LogP contribution in [0.25, 0.3) is 10.9 Å². The molecule has 1 amide bonds. The number of aromatic nitrogens is 1. The number of morpholine rings is 1. The van der Waals surface area contributed by atoms with Crippen LogP contribution in [0.5, 0.6) is 5.75 Å². The third-order valence-electron chi connectivity index (χ3n) is 4.14. The lowest BCUT2D eigenvalue weighted by atomic mass is 10.1. The van der Waals surface area contributed by atoms with Crippen LogP contribution in [0.1, 0.15) is 12.5 Å². The average molecular weight is 346 g/mol. The number of methoxy groups -OCH3 is 1. The maximum Gasteiger partial charge on any atom is 0.233 e. The molecule has 24 heavy (non-hydrogen) atoms. The van der Waals surface area contributed by atoms with Crippen LogP contribution in [0.4, 0.5) is 0 Å². The van der Waals surface area contributed by atoms with Crippen molar-refractivity contribution in [2.45, 2.75) is 18.4 Å². The van der Waals surface area contributed by atoms with Crippen LogP contribution < -0.4 is 4.74 Å². The minimum atomic E-state index is 0.155. The number of benzene rings is 1. The summed E-state index contributed by atoms with van der Waals surface area (Å²) >= 11 is 1.52. The Kier molecular flexibility index (Phi) is 5.58. The van der Waals surface area contributed by atoms with E-state index in [9.17, 15) is 4.79 Å². The first-order chi connectivity index (χ1) is 11.7. The number of pyridine rings is 1. The van der Waals surface area contributed by atoms with E-state index in [0.717, 1.165) is 33.7 Å². The lowest BCUT2D eigenvalue weighted by Gasteiger charge is -2.26. The fraction of sp³-hybridized carbons (Fsp3) is 0.444. The van der Waals surface area contributed by atoms with Crippen molar-refractivity contribution in [3.05, 3.63) is 29.8 Å². The number of aryl methyl sites for hydroxylation is 1. The SMILES string of the molecule is CCc1cc2cc(OC)ccc2nc1SCC(=O)N1CCOCC1. The van der Waals surface area contributed by atoms with Crippen LogP contribution in [-0.4, -0.2) is 55.0 Å². The minimum absolute atomic E-state index is 0.155. The van der Waals surface area contributed by atoms with Crippen molar-refractivity contribution in [1.82, 2.24) is 9.88 Å². The van der Waals surface area contributed by atoms with Crippen LogP contribution in [-0.2, 0) is 16.0 Å². The second-order valence-corrected chi connectivity index (χ2v) is 6.61. The standard InChI is InChI=1S/C18H22N2O3S/c1-3-13-10-14-11-15(22-2)4-5-16(14)19-18(13)24-12-17(21)20-6-8-23-9-7-20/h4-5,10-11H,3,6-9,12H2,1-2H3. The largest absolute Gasteiger partial charge is 0.497 e. The van der Waals surface area contributed by atoms with Crippen molar-refractivity contribution in [3.8, 4) is 5.75 Å². The van der Waals surface area contributed by atoms with Gasteiger partial charge in [-0.15, -0.1) is 0 Å². The van der Waals surface area contributed by atoms with Crippen molar-refractivity contribution in [1.29, 1.82) is 0 Å². The predicted molar refractivity (Wildman–Crippen MR) is 95.8 cm³/mol. The van der Waals surface area contributed by atoms with Gasteiger partial charge in [0.05, 0.1) is 31.6 Å². The number of carbonyl (C=O) groups is 1. The number of hydrogen-bond donors (Lipinski definition) is 0. The number of rotatable bonds is 5. The molecule has 5 nitrogen and oxygen atoms in total. The molecule has 1 fully saturated rings. The van der Waals surface area contributed by atoms with Gasteiger partial charge in [0.2, 0.25) is 5.91 Å². The predicted octanol–water partition coefficient (Wildman–Crippen LogP) is 2.76. The molecular formula is C18H22N2O3S. The number of fused-ring (bicyclic) bond motifs is 1. The zero-order valence-corrected chi connectivity index (χ0v) is 14.9. The maximum absolute atomic E-state index is 12.3. The molecule has 1 aliphatic heterocycles. The lowest BCUT2D eigenvalue weighted by Crippen LogP contribution is -2.41. The third kappa shape index (κ3) is 3.82. The summed E-state index contributed by atoms with van der Waals surface area (Å²) in [6.45, 7) is 4.74. The van der Waals surface area contributed by atoms with E-state index in [4.69, 9.17) is 14.5 Å². The van der Waals surface area contributed by atoms with E-state index in [-0.39, 0.29) is 5.91 Å². The molecule has 0 aliphatic carbocycles. The van der Waals surface area contributed by atoms with Crippen LogP contribution in [0.15, 0.2) is 29.3 Å². The van der Waals surface area contributed by atoms with Crippen LogP contribution in [0, 0.1) is 0 Å². The summed E-state index contributed by atoms with van der Waals surface area (Å²) in [5.41, 5.74) is 2.09. The highest BCUT2D eigenvalue weighted by Gasteiger charge is 2.18. The summed E-state index contributed by atoms with van der Waals surface area (Å²) in [5, 5.41) is 2.01. The molecule has 1 aromatic carbocycles. The molecule has 6 heteroatoms. The van der Waals surface area contributed by atoms with Crippen molar-refractivity contribution >= 4 is 28.6 Å². The maximum atomic E-state index is 12.3. The van der Waals surface area contributed by atoms with Gasteiger partial charge in [-0.05, 0) is 36.2 Å². The zero-order chi connectivity index (χ0) is 16.9. The van der Waals surface area contributed by atoms with Gasteiger partial charge in [0.25, 0.3) is 0 Å². The highest BCUT2D eigenvalue weighted by molar-refractivity contribution is 7.99. The van der Waals surface area contributed by atoms with Crippen LogP contribution >= 0.6 is 11.8 Å². The van der Waals surface area contributed by atoms with Gasteiger partial charge in [0, 0.05) is 18.5 Å². The summed E-state index contributed by atoms with van der Waals surface area (Å²) in [4.78, 5) is 18.9. The van der Waals surface area contributed by atoms with Gasteiger partial charge in [-0.2, -0.15) is 0 Å². The molecule has 3 rings (SSSR count). The Labute approximate surface area is 146 Å². The second-order valence-electron chi connectivity index (χ2n) is 5.65. The van der Waals surface area contributed by atoms with E-state index in [2.05, 4.69) is 13.0 Å². The highest BCUT2D eigenvalue weighted by atomic mass is 32.2. The molecule has 0 saturated carbocycles. The second kappa shape index (κ2) is 7.85. The van der Waals surface area contributed by atoms with Gasteiger partial charge in [-0.25, -0.2) is 4.98 Å². The monoisotopic (exact) mass is 346 g/mol. The number of ether oxygens (including phenoxy) is 2. The van der Waals surface area contributed by atoms with E-state index < -0.39 is 0 Å². The molecule has 1 saturated heterocycles. The van der Waals surface area contributed by atoms with Gasteiger partial charge < -0.3 is 14.4 Å². The molecule has 1 aliphatic rings. The first-order valence-electron chi connectivity index (χ1n) is 8.17. The van der Waals surface area contributed by atoms with Gasteiger partial charge >= 0.3 is 0 Å². The molecule has 1 aromatic heterocycles. The number of hydrogen-bond acceptors (Lipinski definition) is 5. The first-order valence-corrected chi connectivity index (χ1v) is 9.16. The fourth-order valence-electron chi connectivity index (χ4n) is 2.72. The van der Waals surface area contributed by atoms with E-state index in [1.54, 1.807) is 7.11 Å². The molecular weight excluding hydrogens is 324 g/mol. The Bertz CT molecular complexity index is 730. The van der Waals surface area contributed by atoms with Crippen molar-refractivity contribution in [2.24, 2.45) is 0 Å². The number of carbonyl (C=O) groups excluding carboxylic acids is 1. The van der Waals surface area contributed by atoms with Crippen LogP contribution in [0.3, 0.4) is 0 Å². The van der Waals surface area contributed by atoms with Crippen LogP contribution in [0.2, 0.25) is 0 Å².